The van der Waals surface area contributed by atoms with Crippen molar-refractivity contribution in [3.05, 3.63) is 71.9 Å². The van der Waals surface area contributed by atoms with Gasteiger partial charge in [0.1, 0.15) is 5.75 Å². The maximum Gasteiger partial charge on any atom is 0.313 e. The summed E-state index contributed by atoms with van der Waals surface area (Å²) >= 11 is 0. The Hall–Kier alpha value is -3.15. The van der Waals surface area contributed by atoms with E-state index in [1.807, 2.05) is 56.3 Å². The lowest BCUT2D eigenvalue weighted by molar-refractivity contribution is 0.0987. The van der Waals surface area contributed by atoms with E-state index in [0.717, 1.165) is 5.56 Å². The molecular weight excluding hydrogens is 318 g/mol. The van der Waals surface area contributed by atoms with Crippen LogP contribution in [0.1, 0.15) is 36.0 Å². The third kappa shape index (κ3) is 4.44. The number of para-hydroxylation sites is 2. The largest absolute Gasteiger partial charge is 0.489 e. The quantitative estimate of drug-likeness (QED) is 0.742. The van der Waals surface area contributed by atoms with E-state index in [0.29, 0.717) is 23.7 Å². The van der Waals surface area contributed by atoms with Crippen LogP contribution in [0.4, 0.5) is 5.69 Å². The maximum absolute atomic E-state index is 12.4. The number of hydrogen-bond donors (Lipinski definition) is 1. The second kappa shape index (κ2) is 7.61. The first-order valence-corrected chi connectivity index (χ1v) is 8.05. The molecule has 0 aliphatic heterocycles. The van der Waals surface area contributed by atoms with Crippen LogP contribution >= 0.6 is 0 Å². The predicted octanol–water partition coefficient (Wildman–Crippen LogP) is 3.70. The summed E-state index contributed by atoms with van der Waals surface area (Å²) in [5, 5.41) is 10.5. The Balaban J connectivity index is 1.70. The minimum Gasteiger partial charge on any atom is -0.489 e. The van der Waals surface area contributed by atoms with Gasteiger partial charge in [0.15, 0.2) is 0 Å². The first-order valence-electron chi connectivity index (χ1n) is 8.05. The van der Waals surface area contributed by atoms with E-state index in [9.17, 15) is 4.79 Å². The molecule has 0 fully saturated rings. The molecule has 3 rings (SSSR count). The van der Waals surface area contributed by atoms with Gasteiger partial charge in [0, 0.05) is 0 Å². The molecule has 0 spiro atoms. The summed E-state index contributed by atoms with van der Waals surface area (Å²) in [5.41, 5.74) is 1.60. The van der Waals surface area contributed by atoms with Crippen LogP contribution in [0.15, 0.2) is 59.0 Å². The lowest BCUT2D eigenvalue weighted by Crippen LogP contribution is -2.14. The van der Waals surface area contributed by atoms with Crippen LogP contribution < -0.4 is 10.1 Å². The molecule has 0 aliphatic rings. The predicted molar refractivity (Wildman–Crippen MR) is 93.7 cm³/mol. The summed E-state index contributed by atoms with van der Waals surface area (Å²) in [5.74, 6) is 0.440. The molecule has 2 aromatic carbocycles. The van der Waals surface area contributed by atoms with E-state index in [-0.39, 0.29) is 12.0 Å². The average Bonchev–Trinajstić information content (AvgIpc) is 3.06. The van der Waals surface area contributed by atoms with E-state index in [4.69, 9.17) is 9.15 Å². The maximum atomic E-state index is 12.4. The van der Waals surface area contributed by atoms with Gasteiger partial charge >= 0.3 is 11.8 Å². The number of ether oxygens (including phenoxy) is 1. The molecule has 1 heterocycles. The Morgan fingerprint density at radius 1 is 1.08 bits per heavy atom. The molecule has 0 bridgehead atoms. The molecule has 0 unspecified atom stereocenters. The van der Waals surface area contributed by atoms with Crippen molar-refractivity contribution in [2.24, 2.45) is 0 Å². The van der Waals surface area contributed by atoms with Crippen molar-refractivity contribution >= 4 is 11.6 Å². The van der Waals surface area contributed by atoms with Crippen LogP contribution in [0.5, 0.6) is 5.75 Å². The summed E-state index contributed by atoms with van der Waals surface area (Å²) in [7, 11) is 0. The molecule has 3 aromatic rings. The van der Waals surface area contributed by atoms with Gasteiger partial charge in [0.25, 0.3) is 0 Å². The molecule has 128 valence electrons. The molecule has 6 nitrogen and oxygen atoms in total. The number of carbonyl (C=O) groups is 1. The SMILES string of the molecule is CC(C)Oc1ccccc1NC(=O)c1nnc(Cc2ccccc2)o1. The van der Waals surface area contributed by atoms with Crippen molar-refractivity contribution in [1.29, 1.82) is 0 Å². The number of nitrogens with one attached hydrogen (secondary N) is 1. The second-order valence-corrected chi connectivity index (χ2v) is 5.78. The molecule has 1 aromatic heterocycles. The van der Waals surface area contributed by atoms with Gasteiger partial charge in [0.05, 0.1) is 18.2 Å². The lowest BCUT2D eigenvalue weighted by Gasteiger charge is -2.13. The highest BCUT2D eigenvalue weighted by Gasteiger charge is 2.17. The third-order valence-electron chi connectivity index (χ3n) is 3.36. The third-order valence-corrected chi connectivity index (χ3v) is 3.36. The van der Waals surface area contributed by atoms with Crippen LogP contribution in [0.2, 0.25) is 0 Å². The van der Waals surface area contributed by atoms with Crippen molar-refractivity contribution in [1.82, 2.24) is 10.2 Å². The Morgan fingerprint density at radius 3 is 2.56 bits per heavy atom. The zero-order valence-electron chi connectivity index (χ0n) is 14.1. The summed E-state index contributed by atoms with van der Waals surface area (Å²) in [4.78, 5) is 12.4. The van der Waals surface area contributed by atoms with Crippen LogP contribution in [0.25, 0.3) is 0 Å². The number of amides is 1. The molecular formula is C19H19N3O3. The van der Waals surface area contributed by atoms with Gasteiger partial charge in [-0.25, -0.2) is 0 Å². The monoisotopic (exact) mass is 337 g/mol. The Bertz CT molecular complexity index is 844. The highest BCUT2D eigenvalue weighted by molar-refractivity contribution is 6.01. The van der Waals surface area contributed by atoms with Gasteiger partial charge in [-0.1, -0.05) is 42.5 Å². The minimum atomic E-state index is -0.466. The molecule has 0 atom stereocenters. The highest BCUT2D eigenvalue weighted by atomic mass is 16.5. The number of aromatic nitrogens is 2. The summed E-state index contributed by atoms with van der Waals surface area (Å²) in [6.45, 7) is 3.85. The van der Waals surface area contributed by atoms with E-state index in [1.165, 1.54) is 0 Å². The lowest BCUT2D eigenvalue weighted by atomic mass is 10.2. The Kier molecular flexibility index (Phi) is 5.09. The highest BCUT2D eigenvalue weighted by Crippen LogP contribution is 2.25. The van der Waals surface area contributed by atoms with Gasteiger partial charge < -0.3 is 14.5 Å². The van der Waals surface area contributed by atoms with E-state index >= 15 is 0 Å². The molecule has 6 heteroatoms. The second-order valence-electron chi connectivity index (χ2n) is 5.78. The minimum absolute atomic E-state index is 0.000989. The molecule has 1 N–H and O–H groups in total. The Labute approximate surface area is 145 Å². The fourth-order valence-corrected chi connectivity index (χ4v) is 2.29. The van der Waals surface area contributed by atoms with Crippen molar-refractivity contribution in [2.75, 3.05) is 5.32 Å². The molecule has 1 amide bonds. The van der Waals surface area contributed by atoms with Gasteiger partial charge in [0.2, 0.25) is 5.89 Å². The van der Waals surface area contributed by atoms with E-state index in [2.05, 4.69) is 15.5 Å². The van der Waals surface area contributed by atoms with E-state index in [1.54, 1.807) is 12.1 Å². The topological polar surface area (TPSA) is 77.2 Å². The van der Waals surface area contributed by atoms with Crippen molar-refractivity contribution in [3.8, 4) is 5.75 Å². The van der Waals surface area contributed by atoms with Crippen LogP contribution in [0, 0.1) is 0 Å². The summed E-state index contributed by atoms with van der Waals surface area (Å²) < 4.78 is 11.2. The molecule has 0 saturated heterocycles. The van der Waals surface area contributed by atoms with E-state index < -0.39 is 5.91 Å². The first kappa shape index (κ1) is 16.7. The first-order chi connectivity index (χ1) is 12.1. The fraction of sp³-hybridized carbons (Fsp3) is 0.211. The molecule has 25 heavy (non-hydrogen) atoms. The van der Waals surface area contributed by atoms with Crippen molar-refractivity contribution in [3.63, 3.8) is 0 Å². The van der Waals surface area contributed by atoms with Crippen LogP contribution in [-0.2, 0) is 6.42 Å². The van der Waals surface area contributed by atoms with Crippen molar-refractivity contribution < 1.29 is 13.9 Å². The average molecular weight is 337 g/mol. The summed E-state index contributed by atoms with van der Waals surface area (Å²) in [6, 6.07) is 17.0. The van der Waals surface area contributed by atoms with Gasteiger partial charge in [-0.3, -0.25) is 4.79 Å². The Morgan fingerprint density at radius 2 is 1.80 bits per heavy atom. The number of benzene rings is 2. The van der Waals surface area contributed by atoms with Crippen molar-refractivity contribution in [2.45, 2.75) is 26.4 Å². The number of hydrogen-bond acceptors (Lipinski definition) is 5. The fourth-order valence-electron chi connectivity index (χ4n) is 2.29. The smallest absolute Gasteiger partial charge is 0.313 e. The number of rotatable bonds is 6. The zero-order valence-corrected chi connectivity index (χ0v) is 14.1. The molecule has 0 saturated carbocycles. The van der Waals surface area contributed by atoms with Gasteiger partial charge in [-0.15, -0.1) is 10.2 Å². The van der Waals surface area contributed by atoms with Crippen LogP contribution in [0.3, 0.4) is 0 Å². The number of nitrogens with zero attached hydrogens (tertiary/aromatic N) is 2. The van der Waals surface area contributed by atoms with Gasteiger partial charge in [-0.2, -0.15) is 0 Å². The molecule has 0 radical (unpaired) electrons. The normalized spacial score (nSPS) is 10.7. The number of anilines is 1. The van der Waals surface area contributed by atoms with Crippen LogP contribution in [-0.4, -0.2) is 22.2 Å². The number of carbonyl (C=O) groups excluding carboxylic acids is 1. The standard InChI is InChI=1S/C19H19N3O3/c1-13(2)24-16-11-7-6-10-15(16)20-18(23)19-22-21-17(25-19)12-14-8-4-3-5-9-14/h3-11,13H,12H2,1-2H3,(H,20,23). The van der Waals surface area contributed by atoms with Gasteiger partial charge in [-0.05, 0) is 31.5 Å². The summed E-state index contributed by atoms with van der Waals surface area (Å²) in [6.07, 6.45) is 0.479. The zero-order chi connectivity index (χ0) is 17.6. The molecule has 0 aliphatic carbocycles.